The van der Waals surface area contributed by atoms with Gasteiger partial charge >= 0.3 is 6.03 Å². The van der Waals surface area contributed by atoms with Gasteiger partial charge in [0.15, 0.2) is 11.5 Å². The van der Waals surface area contributed by atoms with Crippen LogP contribution in [0, 0.1) is 6.92 Å². The molecule has 12 heteroatoms. The standard InChI is InChI=1S/C27H34N8O4/c1-4-7-29-27(37)33-10-11-35(24-12-18(2)30-26(32-24)34-9-8-28-16-34)21(15-33)14-25(36)31-19(3)20-5-6-22-23(13-20)39-17-38-22/h5-6,8-9,12-13,16,19,21H,4,7,10-11,14-15,17H2,1-3H3,(H,29,37)(H,31,36). The van der Waals surface area contributed by atoms with E-state index in [1.165, 1.54) is 0 Å². The quantitative estimate of drug-likeness (QED) is 0.452. The molecule has 3 aromatic rings. The summed E-state index contributed by atoms with van der Waals surface area (Å²) < 4.78 is 12.6. The summed E-state index contributed by atoms with van der Waals surface area (Å²) in [6.45, 7) is 8.12. The van der Waals surface area contributed by atoms with Gasteiger partial charge in [-0.1, -0.05) is 13.0 Å². The maximum Gasteiger partial charge on any atom is 0.317 e. The van der Waals surface area contributed by atoms with Crippen molar-refractivity contribution in [3.63, 3.8) is 0 Å². The van der Waals surface area contributed by atoms with Crippen LogP contribution in [0.3, 0.4) is 0 Å². The van der Waals surface area contributed by atoms with E-state index in [0.717, 1.165) is 17.7 Å². The number of hydrogen-bond acceptors (Lipinski definition) is 8. The zero-order valence-corrected chi connectivity index (χ0v) is 22.5. The molecule has 1 aromatic carbocycles. The Morgan fingerprint density at radius 1 is 1.15 bits per heavy atom. The molecule has 3 amide bonds. The van der Waals surface area contributed by atoms with Crippen molar-refractivity contribution in [3.05, 3.63) is 54.2 Å². The molecule has 4 heterocycles. The number of carbonyl (C=O) groups excluding carboxylic acids is 2. The number of ether oxygens (including phenoxy) is 2. The lowest BCUT2D eigenvalue weighted by Gasteiger charge is -2.42. The van der Waals surface area contributed by atoms with Crippen molar-refractivity contribution >= 4 is 17.8 Å². The molecule has 2 unspecified atom stereocenters. The van der Waals surface area contributed by atoms with Crippen molar-refractivity contribution in [2.75, 3.05) is 37.9 Å². The van der Waals surface area contributed by atoms with Gasteiger partial charge in [-0.25, -0.2) is 14.8 Å². The van der Waals surface area contributed by atoms with Gasteiger partial charge in [-0.15, -0.1) is 0 Å². The lowest BCUT2D eigenvalue weighted by atomic mass is 10.1. The van der Waals surface area contributed by atoms with Crippen molar-refractivity contribution in [2.24, 2.45) is 0 Å². The van der Waals surface area contributed by atoms with Gasteiger partial charge in [0.25, 0.3) is 0 Å². The van der Waals surface area contributed by atoms with Gasteiger partial charge in [-0.3, -0.25) is 9.36 Å². The van der Waals surface area contributed by atoms with Gasteiger partial charge in [0.1, 0.15) is 12.1 Å². The van der Waals surface area contributed by atoms with Crippen molar-refractivity contribution < 1.29 is 19.1 Å². The minimum atomic E-state index is -0.278. The van der Waals surface area contributed by atoms with Gasteiger partial charge in [0, 0.05) is 56.8 Å². The second-order valence-corrected chi connectivity index (χ2v) is 9.77. The zero-order valence-electron chi connectivity index (χ0n) is 22.5. The summed E-state index contributed by atoms with van der Waals surface area (Å²) in [5.41, 5.74) is 1.72. The van der Waals surface area contributed by atoms with Gasteiger partial charge < -0.3 is 29.9 Å². The fraction of sp³-hybridized carbons (Fsp3) is 0.444. The number of aryl methyl sites for hydroxylation is 1. The number of anilines is 1. The molecule has 2 aromatic heterocycles. The van der Waals surface area contributed by atoms with Crippen LogP contribution in [-0.2, 0) is 4.79 Å². The molecule has 0 spiro atoms. The highest BCUT2D eigenvalue weighted by Gasteiger charge is 2.33. The first-order valence-electron chi connectivity index (χ1n) is 13.2. The average Bonchev–Trinajstić information content (AvgIpc) is 3.63. The third-order valence-corrected chi connectivity index (χ3v) is 6.85. The molecule has 5 rings (SSSR count). The number of piperazine rings is 1. The molecular weight excluding hydrogens is 500 g/mol. The number of urea groups is 1. The van der Waals surface area contributed by atoms with E-state index in [9.17, 15) is 9.59 Å². The fourth-order valence-corrected chi connectivity index (χ4v) is 4.82. The molecule has 39 heavy (non-hydrogen) atoms. The normalized spacial score (nSPS) is 17.2. The molecule has 0 bridgehead atoms. The molecule has 2 aliphatic heterocycles. The summed E-state index contributed by atoms with van der Waals surface area (Å²) in [7, 11) is 0. The Morgan fingerprint density at radius 3 is 2.79 bits per heavy atom. The third kappa shape index (κ3) is 6.05. The minimum absolute atomic E-state index is 0.117. The summed E-state index contributed by atoms with van der Waals surface area (Å²) in [6, 6.07) is 6.95. The second-order valence-electron chi connectivity index (χ2n) is 9.77. The molecule has 206 valence electrons. The fourth-order valence-electron chi connectivity index (χ4n) is 4.82. The number of rotatable bonds is 8. The van der Waals surface area contributed by atoms with Crippen LogP contribution < -0.4 is 25.0 Å². The minimum Gasteiger partial charge on any atom is -0.454 e. The molecule has 2 atom stereocenters. The smallest absolute Gasteiger partial charge is 0.317 e. The first kappa shape index (κ1) is 26.3. The summed E-state index contributed by atoms with van der Waals surface area (Å²) in [5.74, 6) is 2.47. The second kappa shape index (κ2) is 11.6. The number of carbonyl (C=O) groups is 2. The number of imidazole rings is 1. The Hall–Kier alpha value is -4.35. The topological polar surface area (TPSA) is 127 Å². The van der Waals surface area contributed by atoms with Gasteiger partial charge in [-0.2, -0.15) is 4.98 Å². The third-order valence-electron chi connectivity index (χ3n) is 6.85. The van der Waals surface area contributed by atoms with Crippen LogP contribution in [-0.4, -0.2) is 75.4 Å². The largest absolute Gasteiger partial charge is 0.454 e. The Kier molecular flexibility index (Phi) is 7.80. The van der Waals surface area contributed by atoms with E-state index in [2.05, 4.69) is 25.5 Å². The highest BCUT2D eigenvalue weighted by molar-refractivity contribution is 5.79. The van der Waals surface area contributed by atoms with E-state index in [1.54, 1.807) is 28.2 Å². The molecular formula is C27H34N8O4. The molecule has 0 aliphatic carbocycles. The number of benzene rings is 1. The summed E-state index contributed by atoms with van der Waals surface area (Å²) in [5, 5.41) is 6.06. The lowest BCUT2D eigenvalue weighted by molar-refractivity contribution is -0.122. The first-order valence-corrected chi connectivity index (χ1v) is 13.2. The molecule has 2 N–H and O–H groups in total. The van der Waals surface area contributed by atoms with E-state index in [4.69, 9.17) is 14.5 Å². The summed E-state index contributed by atoms with van der Waals surface area (Å²) in [4.78, 5) is 43.4. The van der Waals surface area contributed by atoms with Crippen LogP contribution in [0.4, 0.5) is 10.6 Å². The van der Waals surface area contributed by atoms with E-state index < -0.39 is 0 Å². The number of hydrogen-bond donors (Lipinski definition) is 2. The number of fused-ring (bicyclic) bond motifs is 1. The average molecular weight is 535 g/mol. The predicted octanol–water partition coefficient (Wildman–Crippen LogP) is 2.58. The zero-order chi connectivity index (χ0) is 27.4. The van der Waals surface area contributed by atoms with Crippen LogP contribution in [0.1, 0.15) is 44.0 Å². The molecule has 12 nitrogen and oxygen atoms in total. The van der Waals surface area contributed by atoms with Crippen molar-refractivity contribution in [2.45, 2.75) is 45.7 Å². The van der Waals surface area contributed by atoms with Crippen LogP contribution in [0.5, 0.6) is 11.5 Å². The maximum atomic E-state index is 13.3. The Morgan fingerprint density at radius 2 is 2.00 bits per heavy atom. The van der Waals surface area contributed by atoms with Crippen LogP contribution in [0.15, 0.2) is 43.0 Å². The molecule has 1 fully saturated rings. The van der Waals surface area contributed by atoms with Crippen LogP contribution in [0.2, 0.25) is 0 Å². The number of nitrogens with zero attached hydrogens (tertiary/aromatic N) is 6. The molecule has 0 saturated carbocycles. The highest BCUT2D eigenvalue weighted by atomic mass is 16.7. The van der Waals surface area contributed by atoms with Crippen molar-refractivity contribution in [1.82, 2.24) is 35.1 Å². The van der Waals surface area contributed by atoms with E-state index in [1.807, 2.05) is 45.0 Å². The monoisotopic (exact) mass is 534 g/mol. The first-order chi connectivity index (χ1) is 18.9. The van der Waals surface area contributed by atoms with E-state index >= 15 is 0 Å². The molecule has 1 saturated heterocycles. The number of aromatic nitrogens is 4. The number of amides is 3. The Balaban J connectivity index is 1.34. The van der Waals surface area contributed by atoms with Gasteiger partial charge in [0.2, 0.25) is 18.6 Å². The highest BCUT2D eigenvalue weighted by Crippen LogP contribution is 2.34. The van der Waals surface area contributed by atoms with Crippen LogP contribution in [0.25, 0.3) is 5.95 Å². The SMILES string of the molecule is CCCNC(=O)N1CCN(c2cc(C)nc(-n3ccnc3)n2)C(CC(=O)NC(C)c2ccc3c(c2)OCO3)C1. The van der Waals surface area contributed by atoms with Crippen molar-refractivity contribution in [1.29, 1.82) is 0 Å². The predicted molar refractivity (Wildman–Crippen MR) is 144 cm³/mol. The van der Waals surface area contributed by atoms with Crippen LogP contribution >= 0.6 is 0 Å². The Bertz CT molecular complexity index is 1320. The summed E-state index contributed by atoms with van der Waals surface area (Å²) in [6.07, 6.45) is 6.16. The maximum absolute atomic E-state index is 13.3. The lowest BCUT2D eigenvalue weighted by Crippen LogP contribution is -2.58. The summed E-state index contributed by atoms with van der Waals surface area (Å²) >= 11 is 0. The van der Waals surface area contributed by atoms with E-state index in [0.29, 0.717) is 49.4 Å². The van der Waals surface area contributed by atoms with Gasteiger partial charge in [0.05, 0.1) is 12.1 Å². The molecule has 2 aliphatic rings. The van der Waals surface area contributed by atoms with Gasteiger partial charge in [-0.05, 0) is 38.0 Å². The van der Waals surface area contributed by atoms with Crippen molar-refractivity contribution in [3.8, 4) is 17.4 Å². The molecule has 0 radical (unpaired) electrons. The number of nitrogens with one attached hydrogen (secondary N) is 2. The van der Waals surface area contributed by atoms with E-state index in [-0.39, 0.29) is 37.2 Å². The Labute approximate surface area is 227 Å².